The molecule has 2 aliphatic rings. The number of carbonyl (C=O) groups excluding carboxylic acids is 2. The van der Waals surface area contributed by atoms with Crippen molar-refractivity contribution in [3.63, 3.8) is 0 Å². The third-order valence-electron chi connectivity index (χ3n) is 5.49. The number of piperidine rings is 1. The van der Waals surface area contributed by atoms with Gasteiger partial charge in [0.15, 0.2) is 0 Å². The number of ether oxygens (including phenoxy) is 3. The molecule has 1 amide bonds. The molecule has 2 unspecified atom stereocenters. The number of likely N-dealkylation sites (tertiary alicyclic amines) is 1. The average molecular weight is 419 g/mol. The van der Waals surface area contributed by atoms with Crippen molar-refractivity contribution in [2.45, 2.75) is 64.8 Å². The summed E-state index contributed by atoms with van der Waals surface area (Å²) >= 11 is 0. The fourth-order valence-corrected chi connectivity index (χ4v) is 4.06. The van der Waals surface area contributed by atoms with Gasteiger partial charge in [0, 0.05) is 25.2 Å². The second-order valence-corrected chi connectivity index (χ2v) is 9.47. The summed E-state index contributed by atoms with van der Waals surface area (Å²) in [5.74, 6) is 1.33. The monoisotopic (exact) mass is 418 g/mol. The largest absolute Gasteiger partial charge is 0.491 e. The van der Waals surface area contributed by atoms with E-state index in [-0.39, 0.29) is 36.7 Å². The Hall–Kier alpha value is -2.28. The molecule has 1 heterocycles. The number of nitrogens with zero attached hydrogens (tertiary/aromatic N) is 1. The van der Waals surface area contributed by atoms with E-state index in [2.05, 4.69) is 5.32 Å². The lowest BCUT2D eigenvalue weighted by Gasteiger charge is -2.27. The van der Waals surface area contributed by atoms with Gasteiger partial charge in [0.25, 0.3) is 0 Å². The maximum absolute atomic E-state index is 12.3. The molecule has 0 radical (unpaired) electrons. The number of nitrogens with one attached hydrogen (secondary N) is 1. The predicted octanol–water partition coefficient (Wildman–Crippen LogP) is 3.53. The zero-order chi connectivity index (χ0) is 22.1. The molecule has 0 bridgehead atoms. The lowest BCUT2D eigenvalue weighted by molar-refractivity contribution is -0.141. The number of benzene rings is 1. The van der Waals surface area contributed by atoms with Crippen LogP contribution in [0.15, 0.2) is 24.3 Å². The molecule has 7 heteroatoms. The molecule has 2 fully saturated rings. The van der Waals surface area contributed by atoms with Gasteiger partial charge in [-0.2, -0.15) is 0 Å². The van der Waals surface area contributed by atoms with E-state index < -0.39 is 5.60 Å². The van der Waals surface area contributed by atoms with Crippen molar-refractivity contribution >= 4 is 12.1 Å². The van der Waals surface area contributed by atoms with Gasteiger partial charge in [-0.3, -0.25) is 4.79 Å². The number of hydrogen-bond donors (Lipinski definition) is 1. The molecule has 1 N–H and O–H groups in total. The molecule has 1 saturated heterocycles. The minimum absolute atomic E-state index is 0.110. The number of amides is 1. The summed E-state index contributed by atoms with van der Waals surface area (Å²) in [5.41, 5.74) is 0.531. The molecule has 1 aromatic rings. The highest BCUT2D eigenvalue weighted by Crippen LogP contribution is 2.47. The van der Waals surface area contributed by atoms with Crippen LogP contribution in [0.1, 0.15) is 52.6 Å². The third kappa shape index (κ3) is 5.65. The van der Waals surface area contributed by atoms with E-state index in [9.17, 15) is 9.59 Å². The van der Waals surface area contributed by atoms with Gasteiger partial charge in [0.2, 0.25) is 0 Å². The molecular formula is C23H34N2O5. The van der Waals surface area contributed by atoms with Gasteiger partial charge < -0.3 is 24.4 Å². The molecule has 4 atom stereocenters. The Bertz CT molecular complexity index is 744. The Labute approximate surface area is 179 Å². The summed E-state index contributed by atoms with van der Waals surface area (Å²) in [7, 11) is 1.41. The standard InChI is InChI=1S/C23H34N2O5/c1-14(2)29-16-9-7-15(8-10-16)19(11-20(26)28-6)24-21-17-12-25(13-18(17)21)22(27)30-23(3,4)5/h7-10,14,17-19,21,24H,11-13H2,1-6H3/t17-,18+,19?,21?. The molecule has 1 aliphatic carbocycles. The van der Waals surface area contributed by atoms with E-state index in [0.717, 1.165) is 11.3 Å². The predicted molar refractivity (Wildman–Crippen MR) is 113 cm³/mol. The van der Waals surface area contributed by atoms with Crippen molar-refractivity contribution in [3.8, 4) is 5.75 Å². The van der Waals surface area contributed by atoms with E-state index in [0.29, 0.717) is 24.9 Å². The average Bonchev–Trinajstić information content (AvgIpc) is 3.08. The van der Waals surface area contributed by atoms with Crippen molar-refractivity contribution < 1.29 is 23.8 Å². The number of hydrogen-bond acceptors (Lipinski definition) is 6. The summed E-state index contributed by atoms with van der Waals surface area (Å²) in [5, 5.41) is 3.62. The zero-order valence-electron chi connectivity index (χ0n) is 18.8. The summed E-state index contributed by atoms with van der Waals surface area (Å²) in [4.78, 5) is 26.0. The van der Waals surface area contributed by atoms with Crippen LogP contribution in [0.3, 0.4) is 0 Å². The van der Waals surface area contributed by atoms with Gasteiger partial charge in [-0.25, -0.2) is 4.79 Å². The highest BCUT2D eigenvalue weighted by Gasteiger charge is 2.57. The second kappa shape index (κ2) is 8.84. The SMILES string of the molecule is COC(=O)CC(NC1[C@H]2CN(C(=O)OC(C)(C)C)C[C@@H]12)c1ccc(OC(C)C)cc1. The van der Waals surface area contributed by atoms with Gasteiger partial charge in [0.1, 0.15) is 11.4 Å². The minimum atomic E-state index is -0.488. The smallest absolute Gasteiger partial charge is 0.410 e. The fourth-order valence-electron chi connectivity index (χ4n) is 4.06. The first kappa shape index (κ1) is 22.4. The molecular weight excluding hydrogens is 384 g/mol. The number of fused-ring (bicyclic) bond motifs is 1. The van der Waals surface area contributed by atoms with Crippen LogP contribution < -0.4 is 10.1 Å². The Morgan fingerprint density at radius 1 is 1.13 bits per heavy atom. The van der Waals surface area contributed by atoms with E-state index in [1.807, 2.05) is 58.9 Å². The van der Waals surface area contributed by atoms with E-state index >= 15 is 0 Å². The molecule has 0 spiro atoms. The Balaban J connectivity index is 1.60. The van der Waals surface area contributed by atoms with Gasteiger partial charge in [-0.15, -0.1) is 0 Å². The Morgan fingerprint density at radius 2 is 1.73 bits per heavy atom. The van der Waals surface area contributed by atoms with Crippen molar-refractivity contribution in [3.05, 3.63) is 29.8 Å². The normalized spacial score (nSPS) is 23.7. The lowest BCUT2D eigenvalue weighted by atomic mass is 10.0. The van der Waals surface area contributed by atoms with Crippen LogP contribution in [-0.2, 0) is 14.3 Å². The minimum Gasteiger partial charge on any atom is -0.491 e. The Morgan fingerprint density at radius 3 is 2.23 bits per heavy atom. The number of esters is 1. The van der Waals surface area contributed by atoms with Crippen LogP contribution >= 0.6 is 0 Å². The van der Waals surface area contributed by atoms with Crippen molar-refractivity contribution in [2.75, 3.05) is 20.2 Å². The first-order chi connectivity index (χ1) is 14.1. The highest BCUT2D eigenvalue weighted by molar-refractivity contribution is 5.70. The van der Waals surface area contributed by atoms with E-state index in [1.54, 1.807) is 4.90 Å². The summed E-state index contributed by atoms with van der Waals surface area (Å²) in [6.45, 7) is 11.0. The molecule has 7 nitrogen and oxygen atoms in total. The van der Waals surface area contributed by atoms with Crippen LogP contribution in [0.4, 0.5) is 4.79 Å². The zero-order valence-corrected chi connectivity index (χ0v) is 18.8. The first-order valence-corrected chi connectivity index (χ1v) is 10.6. The third-order valence-corrected chi connectivity index (χ3v) is 5.49. The van der Waals surface area contributed by atoms with Crippen LogP contribution in [-0.4, -0.2) is 54.9 Å². The molecule has 166 valence electrons. The highest BCUT2D eigenvalue weighted by atomic mass is 16.6. The first-order valence-electron chi connectivity index (χ1n) is 10.6. The van der Waals surface area contributed by atoms with Gasteiger partial charge in [0.05, 0.1) is 19.6 Å². The van der Waals surface area contributed by atoms with E-state index in [1.165, 1.54) is 7.11 Å². The maximum atomic E-state index is 12.3. The van der Waals surface area contributed by atoms with Crippen molar-refractivity contribution in [1.29, 1.82) is 0 Å². The van der Waals surface area contributed by atoms with Crippen LogP contribution in [0.2, 0.25) is 0 Å². The second-order valence-electron chi connectivity index (χ2n) is 9.47. The number of methoxy groups -OCH3 is 1. The van der Waals surface area contributed by atoms with Crippen LogP contribution in [0, 0.1) is 11.8 Å². The number of carbonyl (C=O) groups is 2. The van der Waals surface area contributed by atoms with Gasteiger partial charge >= 0.3 is 12.1 Å². The molecule has 30 heavy (non-hydrogen) atoms. The van der Waals surface area contributed by atoms with Crippen molar-refractivity contribution in [2.24, 2.45) is 11.8 Å². The van der Waals surface area contributed by atoms with Gasteiger partial charge in [-0.05, 0) is 64.2 Å². The Kier molecular flexibility index (Phi) is 6.60. The topological polar surface area (TPSA) is 77.1 Å². The summed E-state index contributed by atoms with van der Waals surface area (Å²) in [6, 6.07) is 7.98. The summed E-state index contributed by atoms with van der Waals surface area (Å²) in [6.07, 6.45) is 0.117. The molecule has 3 rings (SSSR count). The quantitative estimate of drug-likeness (QED) is 0.683. The molecule has 1 aliphatic heterocycles. The maximum Gasteiger partial charge on any atom is 0.410 e. The van der Waals surface area contributed by atoms with Gasteiger partial charge in [-0.1, -0.05) is 12.1 Å². The fraction of sp³-hybridized carbons (Fsp3) is 0.652. The molecule has 1 saturated carbocycles. The molecule has 0 aromatic heterocycles. The van der Waals surface area contributed by atoms with Crippen LogP contribution in [0.25, 0.3) is 0 Å². The van der Waals surface area contributed by atoms with Crippen molar-refractivity contribution in [1.82, 2.24) is 10.2 Å². The molecule has 1 aromatic carbocycles. The van der Waals surface area contributed by atoms with Crippen LogP contribution in [0.5, 0.6) is 5.75 Å². The van der Waals surface area contributed by atoms with E-state index in [4.69, 9.17) is 14.2 Å². The summed E-state index contributed by atoms with van der Waals surface area (Å²) < 4.78 is 16.1. The lowest BCUT2D eigenvalue weighted by Crippen LogP contribution is -2.40. The number of rotatable bonds is 7.